The van der Waals surface area contributed by atoms with E-state index >= 15 is 0 Å². The summed E-state index contributed by atoms with van der Waals surface area (Å²) in [5, 5.41) is 13.2. The first kappa shape index (κ1) is 14.2. The molecule has 1 aliphatic heterocycles. The van der Waals surface area contributed by atoms with E-state index in [2.05, 4.69) is 17.3 Å². The molecular formula is C15H24N2O2. The number of phenols is 1. The molecule has 0 aliphatic carbocycles. The molecule has 4 heteroatoms. The van der Waals surface area contributed by atoms with E-state index in [1.807, 2.05) is 12.1 Å². The minimum absolute atomic E-state index is 0.218. The summed E-state index contributed by atoms with van der Waals surface area (Å²) in [6.45, 7) is 3.10. The summed E-state index contributed by atoms with van der Waals surface area (Å²) in [5.74, 6) is 0.751. The van der Waals surface area contributed by atoms with Crippen LogP contribution in [0, 0.1) is 0 Å². The molecule has 1 aliphatic rings. The number of rotatable bonds is 4. The van der Waals surface area contributed by atoms with Crippen molar-refractivity contribution in [3.05, 3.63) is 23.8 Å². The van der Waals surface area contributed by atoms with E-state index in [0.29, 0.717) is 11.8 Å². The van der Waals surface area contributed by atoms with Gasteiger partial charge in [-0.1, -0.05) is 6.07 Å². The Morgan fingerprint density at radius 3 is 2.95 bits per heavy atom. The van der Waals surface area contributed by atoms with E-state index in [1.54, 1.807) is 13.2 Å². The molecule has 1 aromatic carbocycles. The van der Waals surface area contributed by atoms with Crippen LogP contribution in [0.1, 0.15) is 24.8 Å². The molecule has 1 heterocycles. The second-order valence-electron chi connectivity index (χ2n) is 5.26. The van der Waals surface area contributed by atoms with Gasteiger partial charge in [0.05, 0.1) is 7.11 Å². The van der Waals surface area contributed by atoms with Gasteiger partial charge in [0.25, 0.3) is 0 Å². The number of hydrogen-bond acceptors (Lipinski definition) is 4. The monoisotopic (exact) mass is 264 g/mol. The third-order valence-corrected chi connectivity index (χ3v) is 3.84. The Morgan fingerprint density at radius 1 is 1.37 bits per heavy atom. The lowest BCUT2D eigenvalue weighted by molar-refractivity contribution is 0.216. The third-order valence-electron chi connectivity index (χ3n) is 3.84. The SMILES string of the molecule is COc1ccc(CN(C)C2CCCNCC2)cc1O. The molecule has 2 N–H and O–H groups in total. The van der Waals surface area contributed by atoms with Gasteiger partial charge in [-0.25, -0.2) is 0 Å². The summed E-state index contributed by atoms with van der Waals surface area (Å²) in [5.41, 5.74) is 1.12. The molecule has 1 fully saturated rings. The summed E-state index contributed by atoms with van der Waals surface area (Å²) in [7, 11) is 3.73. The summed E-state index contributed by atoms with van der Waals surface area (Å²) >= 11 is 0. The van der Waals surface area contributed by atoms with Crippen molar-refractivity contribution in [2.75, 3.05) is 27.2 Å². The first-order valence-corrected chi connectivity index (χ1v) is 6.97. The molecule has 0 aromatic heterocycles. The van der Waals surface area contributed by atoms with Crippen molar-refractivity contribution in [1.29, 1.82) is 0 Å². The summed E-state index contributed by atoms with van der Waals surface area (Å²) in [6, 6.07) is 6.26. The number of nitrogens with one attached hydrogen (secondary N) is 1. The summed E-state index contributed by atoms with van der Waals surface area (Å²) < 4.78 is 5.07. The van der Waals surface area contributed by atoms with Crippen molar-refractivity contribution in [2.45, 2.75) is 31.8 Å². The largest absolute Gasteiger partial charge is 0.504 e. The molecule has 0 radical (unpaired) electrons. The number of nitrogens with zero attached hydrogens (tertiary/aromatic N) is 1. The normalized spacial score (nSPS) is 20.3. The summed E-state index contributed by atoms with van der Waals surface area (Å²) in [6.07, 6.45) is 3.67. The van der Waals surface area contributed by atoms with E-state index in [-0.39, 0.29) is 5.75 Å². The molecule has 1 saturated heterocycles. The molecule has 0 bridgehead atoms. The highest BCUT2D eigenvalue weighted by Crippen LogP contribution is 2.27. The molecule has 4 nitrogen and oxygen atoms in total. The zero-order chi connectivity index (χ0) is 13.7. The lowest BCUT2D eigenvalue weighted by Crippen LogP contribution is -2.31. The summed E-state index contributed by atoms with van der Waals surface area (Å²) in [4.78, 5) is 2.38. The van der Waals surface area contributed by atoms with Crippen molar-refractivity contribution < 1.29 is 9.84 Å². The van der Waals surface area contributed by atoms with Crippen molar-refractivity contribution in [1.82, 2.24) is 10.2 Å². The van der Waals surface area contributed by atoms with E-state index in [9.17, 15) is 5.11 Å². The van der Waals surface area contributed by atoms with Crippen LogP contribution in [0.2, 0.25) is 0 Å². The first-order chi connectivity index (χ1) is 9.20. The van der Waals surface area contributed by atoms with Crippen molar-refractivity contribution in [3.63, 3.8) is 0 Å². The second kappa shape index (κ2) is 6.78. The number of ether oxygens (including phenoxy) is 1. The smallest absolute Gasteiger partial charge is 0.160 e. The molecule has 1 aromatic rings. The van der Waals surface area contributed by atoms with Crippen LogP contribution >= 0.6 is 0 Å². The number of benzene rings is 1. The number of methoxy groups -OCH3 is 1. The maximum absolute atomic E-state index is 9.81. The Morgan fingerprint density at radius 2 is 2.21 bits per heavy atom. The lowest BCUT2D eigenvalue weighted by atomic mass is 10.1. The van der Waals surface area contributed by atoms with Gasteiger partial charge in [0.1, 0.15) is 0 Å². The standard InChI is InChI=1S/C15H24N2O2/c1-17(13-4-3-8-16-9-7-13)11-12-5-6-15(19-2)14(18)10-12/h5-6,10,13,16,18H,3-4,7-9,11H2,1-2H3. The Labute approximate surface area is 115 Å². The molecule has 0 saturated carbocycles. The lowest BCUT2D eigenvalue weighted by Gasteiger charge is -2.27. The van der Waals surface area contributed by atoms with Gasteiger partial charge < -0.3 is 15.2 Å². The highest BCUT2D eigenvalue weighted by Gasteiger charge is 2.17. The maximum Gasteiger partial charge on any atom is 0.160 e. The van der Waals surface area contributed by atoms with Crippen LogP contribution in [0.5, 0.6) is 11.5 Å². The van der Waals surface area contributed by atoms with Crippen LogP contribution in [0.25, 0.3) is 0 Å². The first-order valence-electron chi connectivity index (χ1n) is 6.97. The number of aromatic hydroxyl groups is 1. The van der Waals surface area contributed by atoms with Crippen LogP contribution in [-0.2, 0) is 6.54 Å². The van der Waals surface area contributed by atoms with Gasteiger partial charge in [-0.2, -0.15) is 0 Å². The van der Waals surface area contributed by atoms with Crippen LogP contribution in [0.3, 0.4) is 0 Å². The molecule has 1 atom stereocenters. The highest BCUT2D eigenvalue weighted by molar-refractivity contribution is 5.41. The number of phenolic OH excluding ortho intramolecular Hbond substituents is 1. The molecule has 1 unspecified atom stereocenters. The molecule has 106 valence electrons. The van der Waals surface area contributed by atoms with Gasteiger partial charge in [0, 0.05) is 12.6 Å². The van der Waals surface area contributed by atoms with E-state index in [4.69, 9.17) is 4.74 Å². The Balaban J connectivity index is 1.97. The fraction of sp³-hybridized carbons (Fsp3) is 0.600. The minimum atomic E-state index is 0.218. The van der Waals surface area contributed by atoms with Gasteiger partial charge in [0.2, 0.25) is 0 Å². The van der Waals surface area contributed by atoms with Gasteiger partial charge in [0.15, 0.2) is 11.5 Å². The predicted molar refractivity (Wildman–Crippen MR) is 76.6 cm³/mol. The van der Waals surface area contributed by atoms with Gasteiger partial charge in [-0.05, 0) is 57.1 Å². The van der Waals surface area contributed by atoms with Crippen LogP contribution < -0.4 is 10.1 Å². The number of hydrogen-bond donors (Lipinski definition) is 2. The molecule has 0 spiro atoms. The zero-order valence-corrected chi connectivity index (χ0v) is 11.9. The molecule has 2 rings (SSSR count). The minimum Gasteiger partial charge on any atom is -0.504 e. The van der Waals surface area contributed by atoms with Crippen LogP contribution in [0.4, 0.5) is 0 Å². The molecular weight excluding hydrogens is 240 g/mol. The van der Waals surface area contributed by atoms with E-state index in [0.717, 1.165) is 25.2 Å². The van der Waals surface area contributed by atoms with Crippen molar-refractivity contribution in [3.8, 4) is 11.5 Å². The Bertz CT molecular complexity index is 401. The fourth-order valence-corrected chi connectivity index (χ4v) is 2.69. The quantitative estimate of drug-likeness (QED) is 0.873. The Hall–Kier alpha value is -1.26. The van der Waals surface area contributed by atoms with Crippen molar-refractivity contribution >= 4 is 0 Å². The fourth-order valence-electron chi connectivity index (χ4n) is 2.69. The zero-order valence-electron chi connectivity index (χ0n) is 11.9. The topological polar surface area (TPSA) is 44.7 Å². The third kappa shape index (κ3) is 3.85. The van der Waals surface area contributed by atoms with Gasteiger partial charge in [-0.3, -0.25) is 4.90 Å². The van der Waals surface area contributed by atoms with Crippen LogP contribution in [-0.4, -0.2) is 43.3 Å². The second-order valence-corrected chi connectivity index (χ2v) is 5.26. The highest BCUT2D eigenvalue weighted by atomic mass is 16.5. The molecule has 0 amide bonds. The van der Waals surface area contributed by atoms with Crippen molar-refractivity contribution in [2.24, 2.45) is 0 Å². The Kier molecular flexibility index (Phi) is 5.05. The maximum atomic E-state index is 9.81. The molecule has 19 heavy (non-hydrogen) atoms. The van der Waals surface area contributed by atoms with E-state index in [1.165, 1.54) is 19.3 Å². The van der Waals surface area contributed by atoms with E-state index < -0.39 is 0 Å². The average Bonchev–Trinajstić information content (AvgIpc) is 2.68. The average molecular weight is 264 g/mol. The predicted octanol–water partition coefficient (Wildman–Crippen LogP) is 1.97. The van der Waals surface area contributed by atoms with Gasteiger partial charge >= 0.3 is 0 Å². The van der Waals surface area contributed by atoms with Crippen LogP contribution in [0.15, 0.2) is 18.2 Å². The van der Waals surface area contributed by atoms with Gasteiger partial charge in [-0.15, -0.1) is 0 Å².